The molecule has 1 heterocycles. The molecule has 0 aromatic carbocycles. The van der Waals surface area contributed by atoms with Crippen LogP contribution in [0.5, 0.6) is 0 Å². The van der Waals surface area contributed by atoms with Gasteiger partial charge in [0.05, 0.1) is 6.54 Å². The van der Waals surface area contributed by atoms with Crippen molar-refractivity contribution in [3.63, 3.8) is 0 Å². The third-order valence-electron chi connectivity index (χ3n) is 1.98. The van der Waals surface area contributed by atoms with E-state index in [9.17, 15) is 0 Å². The molecule has 1 aromatic heterocycles. The highest BCUT2D eigenvalue weighted by Crippen LogP contribution is 2.06. The van der Waals surface area contributed by atoms with Crippen LogP contribution in [0.25, 0.3) is 0 Å². The quantitative estimate of drug-likeness (QED) is 0.692. The maximum absolute atomic E-state index is 5.07. The molecule has 0 aliphatic carbocycles. The lowest BCUT2D eigenvalue weighted by Gasteiger charge is -2.08. The molecule has 1 N–H and O–H groups in total. The Labute approximate surface area is 84.5 Å². The van der Waals surface area contributed by atoms with E-state index >= 15 is 0 Å². The van der Waals surface area contributed by atoms with Gasteiger partial charge in [-0.2, -0.15) is 4.98 Å². The van der Waals surface area contributed by atoms with Crippen LogP contribution >= 0.6 is 0 Å². The van der Waals surface area contributed by atoms with Crippen LogP contribution in [0, 0.1) is 0 Å². The lowest BCUT2D eigenvalue weighted by molar-refractivity contribution is 0.367. The highest BCUT2D eigenvalue weighted by atomic mass is 16.5. The normalized spacial score (nSPS) is 10.5. The summed E-state index contributed by atoms with van der Waals surface area (Å²) in [5.74, 6) is 1.30. The van der Waals surface area contributed by atoms with E-state index in [2.05, 4.69) is 22.4 Å². The highest BCUT2D eigenvalue weighted by Gasteiger charge is 2.07. The van der Waals surface area contributed by atoms with Crippen molar-refractivity contribution in [1.82, 2.24) is 15.5 Å². The van der Waals surface area contributed by atoms with Crippen molar-refractivity contribution in [3.05, 3.63) is 5.89 Å². The molecule has 0 amide bonds. The SMILES string of the molecule is CCCNCc1nc(N(C)CC)no1. The molecule has 0 aliphatic rings. The van der Waals surface area contributed by atoms with Crippen molar-refractivity contribution in [2.75, 3.05) is 25.0 Å². The van der Waals surface area contributed by atoms with Gasteiger partial charge in [0.15, 0.2) is 0 Å². The van der Waals surface area contributed by atoms with E-state index < -0.39 is 0 Å². The predicted octanol–water partition coefficient (Wildman–Crippen LogP) is 1.03. The number of hydrogen-bond donors (Lipinski definition) is 1. The zero-order chi connectivity index (χ0) is 10.4. The Morgan fingerprint density at radius 1 is 1.43 bits per heavy atom. The van der Waals surface area contributed by atoms with Gasteiger partial charge in [0.25, 0.3) is 5.95 Å². The van der Waals surface area contributed by atoms with Gasteiger partial charge in [0.1, 0.15) is 0 Å². The zero-order valence-corrected chi connectivity index (χ0v) is 9.08. The summed E-state index contributed by atoms with van der Waals surface area (Å²) in [7, 11) is 1.94. The first-order valence-corrected chi connectivity index (χ1v) is 5.02. The summed E-state index contributed by atoms with van der Waals surface area (Å²) in [6.45, 7) is 6.67. The van der Waals surface area contributed by atoms with E-state index in [0.29, 0.717) is 18.4 Å². The molecule has 1 rings (SSSR count). The van der Waals surface area contributed by atoms with Crippen molar-refractivity contribution in [2.45, 2.75) is 26.8 Å². The van der Waals surface area contributed by atoms with E-state index in [1.165, 1.54) is 0 Å². The van der Waals surface area contributed by atoms with E-state index in [1.807, 2.05) is 18.9 Å². The molecule has 0 radical (unpaired) electrons. The molecule has 0 unspecified atom stereocenters. The summed E-state index contributed by atoms with van der Waals surface area (Å²) < 4.78 is 5.07. The molecule has 0 spiro atoms. The maximum atomic E-state index is 5.07. The van der Waals surface area contributed by atoms with Gasteiger partial charge in [0.2, 0.25) is 5.89 Å². The van der Waals surface area contributed by atoms with Crippen LogP contribution in [0.2, 0.25) is 0 Å². The van der Waals surface area contributed by atoms with Gasteiger partial charge < -0.3 is 14.7 Å². The molecule has 1 aromatic rings. The van der Waals surface area contributed by atoms with Gasteiger partial charge in [-0.3, -0.25) is 0 Å². The molecule has 80 valence electrons. The van der Waals surface area contributed by atoms with Crippen LogP contribution in [-0.2, 0) is 6.54 Å². The summed E-state index contributed by atoms with van der Waals surface area (Å²) in [5.41, 5.74) is 0. The van der Waals surface area contributed by atoms with Crippen LogP contribution in [0.1, 0.15) is 26.2 Å². The van der Waals surface area contributed by atoms with E-state index in [-0.39, 0.29) is 0 Å². The summed E-state index contributed by atoms with van der Waals surface area (Å²) in [4.78, 5) is 6.18. The molecule has 5 nitrogen and oxygen atoms in total. The van der Waals surface area contributed by atoms with Crippen LogP contribution in [0.3, 0.4) is 0 Å². The second-order valence-electron chi connectivity index (χ2n) is 3.18. The minimum absolute atomic E-state index is 0.647. The first-order chi connectivity index (χ1) is 6.77. The van der Waals surface area contributed by atoms with Crippen molar-refractivity contribution >= 4 is 5.95 Å². The Morgan fingerprint density at radius 2 is 2.21 bits per heavy atom. The summed E-state index contributed by atoms with van der Waals surface area (Å²) >= 11 is 0. The molecule has 0 fully saturated rings. The zero-order valence-electron chi connectivity index (χ0n) is 9.08. The molecule has 0 aliphatic heterocycles. The average Bonchev–Trinajstić information content (AvgIpc) is 2.66. The van der Waals surface area contributed by atoms with Crippen molar-refractivity contribution in [1.29, 1.82) is 0 Å². The second-order valence-corrected chi connectivity index (χ2v) is 3.18. The minimum Gasteiger partial charge on any atom is -0.342 e. The van der Waals surface area contributed by atoms with Crippen LogP contribution in [0.4, 0.5) is 5.95 Å². The molecule has 0 atom stereocenters. The van der Waals surface area contributed by atoms with E-state index in [0.717, 1.165) is 19.5 Å². The standard InChI is InChI=1S/C9H18N4O/c1-4-6-10-7-8-11-9(12-14-8)13(3)5-2/h10H,4-7H2,1-3H3. The Kier molecular flexibility index (Phi) is 4.39. The molecule has 0 bridgehead atoms. The van der Waals surface area contributed by atoms with Gasteiger partial charge >= 0.3 is 0 Å². The van der Waals surface area contributed by atoms with Crippen molar-refractivity contribution in [3.8, 4) is 0 Å². The number of anilines is 1. The fourth-order valence-corrected chi connectivity index (χ4v) is 0.986. The third kappa shape index (κ3) is 2.99. The smallest absolute Gasteiger partial charge is 0.265 e. The van der Waals surface area contributed by atoms with Crippen LogP contribution in [0.15, 0.2) is 4.52 Å². The van der Waals surface area contributed by atoms with Crippen LogP contribution < -0.4 is 10.2 Å². The highest BCUT2D eigenvalue weighted by molar-refractivity contribution is 5.24. The van der Waals surface area contributed by atoms with Crippen molar-refractivity contribution in [2.24, 2.45) is 0 Å². The topological polar surface area (TPSA) is 54.2 Å². The van der Waals surface area contributed by atoms with E-state index in [1.54, 1.807) is 0 Å². The van der Waals surface area contributed by atoms with Crippen LogP contribution in [-0.4, -0.2) is 30.3 Å². The number of aromatic nitrogens is 2. The first-order valence-electron chi connectivity index (χ1n) is 5.02. The molecule has 0 saturated heterocycles. The summed E-state index contributed by atoms with van der Waals surface area (Å²) in [6.07, 6.45) is 1.11. The lowest BCUT2D eigenvalue weighted by Crippen LogP contribution is -2.17. The van der Waals surface area contributed by atoms with E-state index in [4.69, 9.17) is 4.52 Å². The molecular formula is C9H18N4O. The largest absolute Gasteiger partial charge is 0.342 e. The maximum Gasteiger partial charge on any atom is 0.265 e. The molecule has 14 heavy (non-hydrogen) atoms. The minimum atomic E-state index is 0.647. The molecule has 0 saturated carbocycles. The number of nitrogens with zero attached hydrogens (tertiary/aromatic N) is 3. The number of rotatable bonds is 6. The Balaban J connectivity index is 2.42. The lowest BCUT2D eigenvalue weighted by atomic mass is 10.5. The number of hydrogen-bond acceptors (Lipinski definition) is 5. The molecule has 5 heteroatoms. The monoisotopic (exact) mass is 198 g/mol. The summed E-state index contributed by atoms with van der Waals surface area (Å²) in [6, 6.07) is 0. The Morgan fingerprint density at radius 3 is 2.86 bits per heavy atom. The molecular weight excluding hydrogens is 180 g/mol. The average molecular weight is 198 g/mol. The Bertz CT molecular complexity index is 261. The number of nitrogens with one attached hydrogen (secondary N) is 1. The predicted molar refractivity (Wildman–Crippen MR) is 55.2 cm³/mol. The van der Waals surface area contributed by atoms with Crippen molar-refractivity contribution < 1.29 is 4.52 Å². The summed E-state index contributed by atoms with van der Waals surface area (Å²) in [5, 5.41) is 7.07. The van der Waals surface area contributed by atoms with Gasteiger partial charge in [0, 0.05) is 13.6 Å². The second kappa shape index (κ2) is 5.59. The first kappa shape index (κ1) is 11.0. The Hall–Kier alpha value is -1.10. The van der Waals surface area contributed by atoms with Gasteiger partial charge in [-0.25, -0.2) is 0 Å². The fourth-order valence-electron chi connectivity index (χ4n) is 0.986. The third-order valence-corrected chi connectivity index (χ3v) is 1.98. The van der Waals surface area contributed by atoms with Gasteiger partial charge in [-0.05, 0) is 25.0 Å². The fraction of sp³-hybridized carbons (Fsp3) is 0.778. The van der Waals surface area contributed by atoms with Gasteiger partial charge in [-0.15, -0.1) is 0 Å². The van der Waals surface area contributed by atoms with Gasteiger partial charge in [-0.1, -0.05) is 6.92 Å².